The molecule has 290 valence electrons. The van der Waals surface area contributed by atoms with Gasteiger partial charge in [-0.2, -0.15) is 0 Å². The van der Waals surface area contributed by atoms with E-state index in [0.717, 1.165) is 51.5 Å². The van der Waals surface area contributed by atoms with Crippen molar-refractivity contribution in [2.45, 2.75) is 139 Å². The molecule has 4 saturated carbocycles. The molecule has 0 amide bonds. The molecule has 6 aliphatic rings. The van der Waals surface area contributed by atoms with Crippen LogP contribution in [0.5, 0.6) is 0 Å². The normalized spacial score (nSPS) is 43.7. The first-order valence-corrected chi connectivity index (χ1v) is 19.9. The Labute approximate surface area is 301 Å². The summed E-state index contributed by atoms with van der Waals surface area (Å²) in [5.74, 6) is -2.27. The van der Waals surface area contributed by atoms with Crippen LogP contribution >= 0.6 is 0 Å². The van der Waals surface area contributed by atoms with E-state index in [1.165, 1.54) is 19.3 Å². The summed E-state index contributed by atoms with van der Waals surface area (Å²) in [6.45, 7) is 0.781. The molecule has 10 unspecified atom stereocenters. The lowest BCUT2D eigenvalue weighted by molar-refractivity contribution is -0.699. The fraction of sp³-hybridized carbons (Fsp3) is 0.919. The maximum absolute atomic E-state index is 14.5. The number of hydrogen-bond acceptors (Lipinski definition) is 10. The van der Waals surface area contributed by atoms with Gasteiger partial charge in [0, 0.05) is 36.7 Å². The first-order chi connectivity index (χ1) is 24.6. The van der Waals surface area contributed by atoms with Gasteiger partial charge < -0.3 is 40.0 Å². The van der Waals surface area contributed by atoms with Crippen LogP contribution in [0, 0.1) is 47.3 Å². The minimum Gasteiger partial charge on any atom is -0.394 e. The quantitative estimate of drug-likeness (QED) is 0.0570. The molecule has 0 aromatic rings. The Balaban J connectivity index is 1.31. The maximum atomic E-state index is 14.5. The lowest BCUT2D eigenvalue weighted by atomic mass is 9.51. The van der Waals surface area contributed by atoms with Crippen molar-refractivity contribution in [3.05, 3.63) is 0 Å². The molecule has 6 rings (SSSR count). The zero-order chi connectivity index (χ0) is 36.2. The lowest BCUT2D eigenvalue weighted by Crippen LogP contribution is -2.94. The monoisotopic (exact) mass is 723 g/mol. The minimum absolute atomic E-state index is 0.0103. The molecule has 2 saturated heterocycles. The van der Waals surface area contributed by atoms with Gasteiger partial charge in [-0.05, 0) is 49.9 Å². The number of ketones is 2. The third-order valence-electron chi connectivity index (χ3n) is 13.5. The number of fused-ring (bicyclic) bond motifs is 2. The van der Waals surface area contributed by atoms with Crippen LogP contribution in [0.2, 0.25) is 0 Å². The van der Waals surface area contributed by atoms with E-state index in [1.54, 1.807) is 0 Å². The molecule has 14 nitrogen and oxygen atoms in total. The standard InChI is InChI=1S/C37H63N5O9/c38-26-16-20(12-14-41-26)13-15-49-35-33(48)31(46)25(18-43)50-36(35)51-34-24(17-42-37(39)40)21(11-10-19-6-2-1-3-7-19)27-28(32(34)47)30(45)23-9-5-4-8-22(23)29(27)44/h19-28,31-36,41,43,46-48H,1-18,38H2,(H4,39,40,42)/p+2/t20?,21?,22?,23?,24?,25-,26?,27?,28?,31-,32?,33+,34?,35-,36-/m0/s1. The van der Waals surface area contributed by atoms with Crippen molar-refractivity contribution >= 4 is 17.5 Å². The third-order valence-corrected chi connectivity index (χ3v) is 13.5. The Hall–Kier alpha value is -1.75. The Morgan fingerprint density at radius 2 is 1.49 bits per heavy atom. The summed E-state index contributed by atoms with van der Waals surface area (Å²) < 4.78 is 19.0. The second-order valence-corrected chi connectivity index (χ2v) is 16.6. The Morgan fingerprint density at radius 3 is 2.16 bits per heavy atom. The van der Waals surface area contributed by atoms with Gasteiger partial charge in [0.15, 0.2) is 6.29 Å². The van der Waals surface area contributed by atoms with Gasteiger partial charge in [0.2, 0.25) is 0 Å². The van der Waals surface area contributed by atoms with Crippen molar-refractivity contribution in [1.82, 2.24) is 0 Å². The number of aliphatic hydroxyl groups excluding tert-OH is 4. The number of piperidine rings is 1. The molecule has 2 aliphatic heterocycles. The molecule has 13 N–H and O–H groups in total. The van der Waals surface area contributed by atoms with E-state index in [0.29, 0.717) is 37.5 Å². The van der Waals surface area contributed by atoms with Crippen LogP contribution in [-0.4, -0.2) is 113 Å². The lowest BCUT2D eigenvalue weighted by Gasteiger charge is -2.54. The first kappa shape index (κ1) is 39.0. The van der Waals surface area contributed by atoms with E-state index in [-0.39, 0.29) is 48.7 Å². The summed E-state index contributed by atoms with van der Waals surface area (Å²) in [5.41, 5.74) is 18.0. The van der Waals surface area contributed by atoms with E-state index in [1.807, 2.05) is 0 Å². The van der Waals surface area contributed by atoms with Crippen molar-refractivity contribution in [3.8, 4) is 0 Å². The molecular weight excluding hydrogens is 658 g/mol. The molecule has 51 heavy (non-hydrogen) atoms. The summed E-state index contributed by atoms with van der Waals surface area (Å²) in [6, 6.07) is 0. The highest BCUT2D eigenvalue weighted by molar-refractivity contribution is 6.00. The van der Waals surface area contributed by atoms with Crippen LogP contribution in [0.3, 0.4) is 0 Å². The molecule has 0 aromatic carbocycles. The van der Waals surface area contributed by atoms with Crippen molar-refractivity contribution in [2.75, 3.05) is 26.3 Å². The number of guanidine groups is 1. The molecule has 0 radical (unpaired) electrons. The van der Waals surface area contributed by atoms with E-state index < -0.39 is 73.2 Å². The number of carbonyl (C=O) groups excluding carboxylic acids is 2. The summed E-state index contributed by atoms with van der Waals surface area (Å²) in [6.07, 6.45) is 4.21. The number of ether oxygens (including phenoxy) is 3. The van der Waals surface area contributed by atoms with Gasteiger partial charge in [-0.25, -0.2) is 0 Å². The fourth-order valence-corrected chi connectivity index (χ4v) is 10.7. The van der Waals surface area contributed by atoms with Crippen molar-refractivity contribution in [2.24, 2.45) is 64.5 Å². The van der Waals surface area contributed by atoms with Gasteiger partial charge in [-0.15, -0.1) is 0 Å². The number of quaternary nitrogens is 1. The largest absolute Gasteiger partial charge is 0.394 e. The number of rotatable bonds is 12. The zero-order valence-corrected chi connectivity index (χ0v) is 30.1. The Bertz CT molecular complexity index is 1200. The Kier molecular flexibility index (Phi) is 13.4. The van der Waals surface area contributed by atoms with Crippen LogP contribution in [0.15, 0.2) is 0 Å². The average Bonchev–Trinajstić information content (AvgIpc) is 3.13. The Morgan fingerprint density at radius 1 is 0.804 bits per heavy atom. The van der Waals surface area contributed by atoms with Crippen LogP contribution in [0.4, 0.5) is 0 Å². The van der Waals surface area contributed by atoms with E-state index in [9.17, 15) is 30.0 Å². The van der Waals surface area contributed by atoms with E-state index in [2.05, 4.69) is 10.3 Å². The molecule has 14 heteroatoms. The highest BCUT2D eigenvalue weighted by Gasteiger charge is 2.62. The van der Waals surface area contributed by atoms with E-state index >= 15 is 0 Å². The van der Waals surface area contributed by atoms with Crippen molar-refractivity contribution in [3.63, 3.8) is 0 Å². The number of nitrogens with one attached hydrogen (secondary N) is 1. The molecule has 0 bridgehead atoms. The maximum Gasteiger partial charge on any atom is 0.338 e. The van der Waals surface area contributed by atoms with Gasteiger partial charge in [0.05, 0.1) is 37.8 Å². The number of carbonyl (C=O) groups is 2. The van der Waals surface area contributed by atoms with Crippen LogP contribution in [-0.2, 0) is 23.8 Å². The van der Waals surface area contributed by atoms with Crippen LogP contribution < -0.4 is 27.5 Å². The second kappa shape index (κ2) is 17.6. The van der Waals surface area contributed by atoms with Gasteiger partial charge >= 0.3 is 5.96 Å². The number of nitrogens with two attached hydrogens (primary N) is 4. The average molecular weight is 724 g/mol. The SMILES string of the molecule is NC(N)=[NH+]CC1C(CCC2CCCCC2)C2C(=O)C3CCCCC3C(=O)C2C(O)C1O[C@@H]1O[C@@H](CO)[C@H](O)[C@@H](O)[C@@H]1OCCC1CC[NH2+]C(N)C1. The predicted octanol–water partition coefficient (Wildman–Crippen LogP) is -2.64. The van der Waals surface area contributed by atoms with Gasteiger partial charge in [-0.3, -0.25) is 31.8 Å². The van der Waals surface area contributed by atoms with E-state index in [4.69, 9.17) is 31.4 Å². The predicted molar refractivity (Wildman–Crippen MR) is 185 cm³/mol. The topological polar surface area (TPSA) is 251 Å². The summed E-state index contributed by atoms with van der Waals surface area (Å²) in [4.78, 5) is 31.9. The zero-order valence-electron chi connectivity index (χ0n) is 30.1. The van der Waals surface area contributed by atoms with Crippen LogP contribution in [0.1, 0.15) is 89.9 Å². The van der Waals surface area contributed by atoms with Crippen LogP contribution in [0.25, 0.3) is 0 Å². The first-order valence-electron chi connectivity index (χ1n) is 19.9. The highest BCUT2D eigenvalue weighted by atomic mass is 16.7. The smallest absolute Gasteiger partial charge is 0.338 e. The van der Waals surface area contributed by atoms with Gasteiger partial charge in [0.1, 0.15) is 42.1 Å². The third kappa shape index (κ3) is 8.65. The summed E-state index contributed by atoms with van der Waals surface area (Å²) in [5, 5.41) is 46.7. The number of hydrogen-bond donors (Lipinski definition) is 9. The number of Topliss-reactive ketones (excluding diaryl/α,β-unsaturated/α-hetero) is 2. The summed E-state index contributed by atoms with van der Waals surface area (Å²) in [7, 11) is 0. The minimum atomic E-state index is -1.45. The molecule has 6 fully saturated rings. The summed E-state index contributed by atoms with van der Waals surface area (Å²) >= 11 is 0. The molecule has 4 aliphatic carbocycles. The fourth-order valence-electron chi connectivity index (χ4n) is 10.7. The van der Waals surface area contributed by atoms with Gasteiger partial charge in [0.25, 0.3) is 0 Å². The molecule has 0 aromatic heterocycles. The molecule has 15 atom stereocenters. The van der Waals surface area contributed by atoms with Crippen molar-refractivity contribution < 1.29 is 54.5 Å². The van der Waals surface area contributed by atoms with Gasteiger partial charge in [-0.1, -0.05) is 51.4 Å². The molecular formula is C37H65N5O9+2. The molecule has 0 spiro atoms. The highest BCUT2D eigenvalue weighted by Crippen LogP contribution is 2.52. The second-order valence-electron chi connectivity index (χ2n) is 16.6. The molecule has 2 heterocycles. The number of aliphatic hydroxyl groups is 4. The van der Waals surface area contributed by atoms with Crippen molar-refractivity contribution in [1.29, 1.82) is 0 Å².